The van der Waals surface area contributed by atoms with Crippen LogP contribution in [0.1, 0.15) is 12.8 Å². The lowest BCUT2D eigenvalue weighted by atomic mass is 10.2. The molecule has 0 saturated carbocycles. The fourth-order valence-corrected chi connectivity index (χ4v) is 5.04. The van der Waals surface area contributed by atoms with Crippen molar-refractivity contribution in [1.82, 2.24) is 5.32 Å². The maximum absolute atomic E-state index is 12.6. The Labute approximate surface area is 123 Å². The predicted molar refractivity (Wildman–Crippen MR) is 82.8 cm³/mol. The number of benzene rings is 1. The Bertz CT molecular complexity index is 654. The maximum Gasteiger partial charge on any atom is 0.181 e. The minimum Gasteiger partial charge on any atom is -0.317 e. The summed E-state index contributed by atoms with van der Waals surface area (Å²) in [6.45, 7) is 1.58. The molecule has 0 spiro atoms. The van der Waals surface area contributed by atoms with Crippen LogP contribution in [0.15, 0.2) is 46.7 Å². The molecule has 3 nitrogen and oxygen atoms in total. The molecule has 3 rings (SSSR count). The van der Waals surface area contributed by atoms with E-state index in [-0.39, 0.29) is 5.25 Å². The van der Waals surface area contributed by atoms with Crippen molar-refractivity contribution in [3.8, 4) is 10.4 Å². The molecule has 0 unspecified atom stereocenters. The van der Waals surface area contributed by atoms with Crippen molar-refractivity contribution >= 4 is 21.2 Å². The monoisotopic (exact) mass is 307 g/mol. The summed E-state index contributed by atoms with van der Waals surface area (Å²) in [5.41, 5.74) is 1.07. The van der Waals surface area contributed by atoms with E-state index in [0.717, 1.165) is 23.5 Å². The van der Waals surface area contributed by atoms with Crippen LogP contribution < -0.4 is 5.32 Å². The fraction of sp³-hybridized carbons (Fsp3) is 0.333. The summed E-state index contributed by atoms with van der Waals surface area (Å²) in [7, 11) is -3.18. The molecule has 1 aromatic heterocycles. The van der Waals surface area contributed by atoms with Gasteiger partial charge in [-0.2, -0.15) is 0 Å². The van der Waals surface area contributed by atoms with Gasteiger partial charge in [0.2, 0.25) is 0 Å². The zero-order valence-electron chi connectivity index (χ0n) is 11.1. The number of hydrogen-bond acceptors (Lipinski definition) is 4. The number of nitrogens with one attached hydrogen (secondary N) is 1. The van der Waals surface area contributed by atoms with E-state index in [2.05, 4.69) is 5.32 Å². The van der Waals surface area contributed by atoms with Gasteiger partial charge in [-0.3, -0.25) is 0 Å². The van der Waals surface area contributed by atoms with Gasteiger partial charge in [-0.25, -0.2) is 8.42 Å². The Morgan fingerprint density at radius 3 is 2.35 bits per heavy atom. The van der Waals surface area contributed by atoms with E-state index in [9.17, 15) is 8.42 Å². The van der Waals surface area contributed by atoms with E-state index >= 15 is 0 Å². The summed E-state index contributed by atoms with van der Waals surface area (Å²) in [6.07, 6.45) is 1.41. The lowest BCUT2D eigenvalue weighted by molar-refractivity contribution is 0.496. The minimum atomic E-state index is -3.18. The third-order valence-corrected chi connectivity index (χ3v) is 6.91. The van der Waals surface area contributed by atoms with Crippen LogP contribution in [0.25, 0.3) is 10.4 Å². The van der Waals surface area contributed by atoms with Crippen molar-refractivity contribution < 1.29 is 8.42 Å². The first-order valence-corrected chi connectivity index (χ1v) is 9.19. The van der Waals surface area contributed by atoms with Crippen LogP contribution in [0.4, 0.5) is 0 Å². The van der Waals surface area contributed by atoms with Crippen LogP contribution >= 0.6 is 11.3 Å². The summed E-state index contributed by atoms with van der Waals surface area (Å²) < 4.78 is 25.1. The summed E-state index contributed by atoms with van der Waals surface area (Å²) in [6, 6.07) is 11.3. The van der Waals surface area contributed by atoms with Crippen LogP contribution in [0.5, 0.6) is 0 Å². The van der Waals surface area contributed by atoms with Crippen LogP contribution in [-0.2, 0) is 9.84 Å². The minimum absolute atomic E-state index is 0.240. The molecule has 106 valence electrons. The Morgan fingerprint density at radius 1 is 1.05 bits per heavy atom. The highest BCUT2D eigenvalue weighted by Crippen LogP contribution is 2.28. The van der Waals surface area contributed by atoms with Crippen molar-refractivity contribution in [1.29, 1.82) is 0 Å². The molecule has 0 atom stereocenters. The number of hydrogen-bond donors (Lipinski definition) is 1. The van der Waals surface area contributed by atoms with Gasteiger partial charge in [0.25, 0.3) is 0 Å². The third-order valence-electron chi connectivity index (χ3n) is 3.71. The van der Waals surface area contributed by atoms with Crippen LogP contribution in [0.2, 0.25) is 0 Å². The van der Waals surface area contributed by atoms with E-state index < -0.39 is 9.84 Å². The molecule has 1 aliphatic rings. The summed E-state index contributed by atoms with van der Waals surface area (Å²) in [5, 5.41) is 4.99. The quantitative estimate of drug-likeness (QED) is 0.948. The highest BCUT2D eigenvalue weighted by atomic mass is 32.2. The average Bonchev–Trinajstić information content (AvgIpc) is 3.02. The number of rotatable bonds is 3. The average molecular weight is 307 g/mol. The van der Waals surface area contributed by atoms with Crippen LogP contribution in [0.3, 0.4) is 0 Å². The molecular formula is C15H17NO2S2. The second-order valence-corrected chi connectivity index (χ2v) is 8.17. The van der Waals surface area contributed by atoms with Gasteiger partial charge in [-0.1, -0.05) is 18.2 Å². The van der Waals surface area contributed by atoms with Crippen LogP contribution in [0, 0.1) is 0 Å². The first kappa shape index (κ1) is 13.8. The molecule has 0 aliphatic carbocycles. The standard InChI is InChI=1S/C15H17NO2S2/c17-20(18,14-7-9-16-10-8-14)13-5-3-12(4-6-13)15-2-1-11-19-15/h1-6,11,14,16H,7-10H2. The predicted octanol–water partition coefficient (Wildman–Crippen LogP) is 2.94. The van der Waals surface area contributed by atoms with Crippen molar-refractivity contribution in [2.45, 2.75) is 23.0 Å². The molecule has 1 aliphatic heterocycles. The molecule has 2 aromatic rings. The van der Waals surface area contributed by atoms with Gasteiger partial charge in [0.05, 0.1) is 10.1 Å². The molecule has 20 heavy (non-hydrogen) atoms. The molecule has 0 bridgehead atoms. The number of piperidine rings is 1. The summed E-state index contributed by atoms with van der Waals surface area (Å²) >= 11 is 1.66. The largest absolute Gasteiger partial charge is 0.317 e. The van der Waals surface area contributed by atoms with Gasteiger partial charge in [0.1, 0.15) is 0 Å². The Morgan fingerprint density at radius 2 is 1.75 bits per heavy atom. The van der Waals surface area contributed by atoms with Gasteiger partial charge < -0.3 is 5.32 Å². The van der Waals surface area contributed by atoms with Crippen molar-refractivity contribution in [2.24, 2.45) is 0 Å². The van der Waals surface area contributed by atoms with E-state index in [1.807, 2.05) is 29.6 Å². The van der Waals surface area contributed by atoms with Gasteiger partial charge in [-0.15, -0.1) is 11.3 Å². The SMILES string of the molecule is O=S(=O)(c1ccc(-c2cccs2)cc1)C1CCNCC1. The fourth-order valence-electron chi connectivity index (χ4n) is 2.55. The third kappa shape index (κ3) is 2.66. The molecular weight excluding hydrogens is 290 g/mol. The first-order chi connectivity index (χ1) is 9.68. The molecule has 5 heteroatoms. The van der Waals surface area contributed by atoms with E-state index in [4.69, 9.17) is 0 Å². The van der Waals surface area contributed by atoms with Crippen LogP contribution in [-0.4, -0.2) is 26.8 Å². The normalized spacial score (nSPS) is 17.2. The van der Waals surface area contributed by atoms with E-state index in [0.29, 0.717) is 17.7 Å². The highest BCUT2D eigenvalue weighted by Gasteiger charge is 2.28. The molecule has 0 amide bonds. The molecule has 2 heterocycles. The molecule has 1 aromatic carbocycles. The second kappa shape index (κ2) is 5.68. The van der Waals surface area contributed by atoms with E-state index in [1.54, 1.807) is 23.5 Å². The Hall–Kier alpha value is -1.17. The van der Waals surface area contributed by atoms with Gasteiger partial charge >= 0.3 is 0 Å². The van der Waals surface area contributed by atoms with Crippen molar-refractivity contribution in [3.63, 3.8) is 0 Å². The topological polar surface area (TPSA) is 46.2 Å². The van der Waals surface area contributed by atoms with Gasteiger partial charge in [0, 0.05) is 4.88 Å². The zero-order chi connectivity index (χ0) is 14.0. The maximum atomic E-state index is 12.6. The van der Waals surface area contributed by atoms with Gasteiger partial charge in [-0.05, 0) is 55.1 Å². The lowest BCUT2D eigenvalue weighted by Gasteiger charge is -2.22. The second-order valence-electron chi connectivity index (χ2n) is 5.00. The highest BCUT2D eigenvalue weighted by molar-refractivity contribution is 7.92. The number of thiophene rings is 1. The van der Waals surface area contributed by atoms with Gasteiger partial charge in [0.15, 0.2) is 9.84 Å². The van der Waals surface area contributed by atoms with Crippen molar-refractivity contribution in [2.75, 3.05) is 13.1 Å². The molecule has 1 N–H and O–H groups in total. The summed E-state index contributed by atoms with van der Waals surface area (Å²) in [5.74, 6) is 0. The van der Waals surface area contributed by atoms with E-state index in [1.165, 1.54) is 0 Å². The zero-order valence-corrected chi connectivity index (χ0v) is 12.7. The Kier molecular flexibility index (Phi) is 3.92. The Balaban J connectivity index is 1.87. The number of sulfone groups is 1. The molecule has 1 fully saturated rings. The molecule has 1 saturated heterocycles. The van der Waals surface area contributed by atoms with Crippen molar-refractivity contribution in [3.05, 3.63) is 41.8 Å². The lowest BCUT2D eigenvalue weighted by Crippen LogP contribution is -2.35. The first-order valence-electron chi connectivity index (χ1n) is 6.76. The molecule has 0 radical (unpaired) electrons. The smallest absolute Gasteiger partial charge is 0.181 e. The summed E-state index contributed by atoms with van der Waals surface area (Å²) in [4.78, 5) is 1.61.